The summed E-state index contributed by atoms with van der Waals surface area (Å²) in [6.45, 7) is 2.98. The van der Waals surface area contributed by atoms with E-state index in [2.05, 4.69) is 27.0 Å². The van der Waals surface area contributed by atoms with Crippen LogP contribution in [0.25, 0.3) is 6.08 Å². The highest BCUT2D eigenvalue weighted by Crippen LogP contribution is 2.15. The third-order valence-corrected chi connectivity index (χ3v) is 5.12. The average Bonchev–Trinajstić information content (AvgIpc) is 3.19. The Bertz CT molecular complexity index is 590. The van der Waals surface area contributed by atoms with Crippen LogP contribution in [-0.2, 0) is 11.3 Å². The quantitative estimate of drug-likeness (QED) is 0.859. The van der Waals surface area contributed by atoms with Crippen molar-refractivity contribution in [2.45, 2.75) is 19.0 Å². The number of likely N-dealkylation sites (tertiary alicyclic amines) is 1. The lowest BCUT2D eigenvalue weighted by Gasteiger charge is -2.15. The zero-order valence-electron chi connectivity index (χ0n) is 11.7. The third-order valence-electron chi connectivity index (χ3n) is 3.55. The average molecular weight is 318 g/mol. The molecule has 5 heteroatoms. The molecule has 3 nitrogen and oxygen atoms in total. The maximum absolute atomic E-state index is 11.9. The Morgan fingerprint density at radius 3 is 3.14 bits per heavy atom. The van der Waals surface area contributed by atoms with Crippen LogP contribution in [0.1, 0.15) is 16.9 Å². The summed E-state index contributed by atoms with van der Waals surface area (Å²) >= 11 is 3.37. The van der Waals surface area contributed by atoms with Crippen LogP contribution in [0, 0.1) is 0 Å². The predicted octanol–water partition coefficient (Wildman–Crippen LogP) is 3.21. The van der Waals surface area contributed by atoms with Crippen LogP contribution in [-0.4, -0.2) is 29.9 Å². The molecule has 1 N–H and O–H groups in total. The molecular weight excluding hydrogens is 300 g/mol. The van der Waals surface area contributed by atoms with Crippen LogP contribution in [0.2, 0.25) is 0 Å². The Morgan fingerprint density at radius 2 is 2.38 bits per heavy atom. The maximum Gasteiger partial charge on any atom is 0.244 e. The summed E-state index contributed by atoms with van der Waals surface area (Å²) in [5, 5.41) is 9.40. The number of hydrogen-bond donors (Lipinski definition) is 1. The standard InChI is InChI=1S/C16H18N2OS2/c19-16(4-3-15-2-1-8-21-15)17-14-5-7-18(11-14)10-13-6-9-20-12-13/h1-4,6,8-9,12,14H,5,7,10-11H2,(H,17,19)/b4-3+. The first kappa shape index (κ1) is 14.5. The fourth-order valence-corrected chi connectivity index (χ4v) is 3.81. The highest BCUT2D eigenvalue weighted by Gasteiger charge is 2.23. The van der Waals surface area contributed by atoms with Crippen molar-refractivity contribution in [3.8, 4) is 0 Å². The van der Waals surface area contributed by atoms with Crippen molar-refractivity contribution in [1.82, 2.24) is 10.2 Å². The van der Waals surface area contributed by atoms with Gasteiger partial charge in [-0.2, -0.15) is 11.3 Å². The topological polar surface area (TPSA) is 32.3 Å². The number of thiophene rings is 2. The van der Waals surface area contributed by atoms with Crippen LogP contribution < -0.4 is 5.32 Å². The van der Waals surface area contributed by atoms with Gasteiger partial charge in [-0.3, -0.25) is 9.69 Å². The Labute approximate surface area is 132 Å². The van der Waals surface area contributed by atoms with Gasteiger partial charge in [0.05, 0.1) is 0 Å². The number of hydrogen-bond acceptors (Lipinski definition) is 4. The first-order valence-electron chi connectivity index (χ1n) is 7.05. The normalized spacial score (nSPS) is 19.3. The largest absolute Gasteiger partial charge is 0.348 e. The second kappa shape index (κ2) is 7.02. The van der Waals surface area contributed by atoms with Gasteiger partial charge in [0.15, 0.2) is 0 Å². The minimum Gasteiger partial charge on any atom is -0.348 e. The van der Waals surface area contributed by atoms with Gasteiger partial charge in [-0.15, -0.1) is 11.3 Å². The fraction of sp³-hybridized carbons (Fsp3) is 0.312. The van der Waals surface area contributed by atoms with Gasteiger partial charge < -0.3 is 5.32 Å². The summed E-state index contributed by atoms with van der Waals surface area (Å²) in [5.41, 5.74) is 1.37. The molecule has 21 heavy (non-hydrogen) atoms. The summed E-state index contributed by atoms with van der Waals surface area (Å²) in [6, 6.07) is 6.43. The van der Waals surface area contributed by atoms with Gasteiger partial charge in [0.1, 0.15) is 0 Å². The SMILES string of the molecule is O=C(/C=C/c1cccs1)NC1CCN(Cc2ccsc2)C1. The van der Waals surface area contributed by atoms with E-state index in [4.69, 9.17) is 0 Å². The van der Waals surface area contributed by atoms with E-state index in [1.807, 2.05) is 23.6 Å². The molecule has 1 saturated heterocycles. The van der Waals surface area contributed by atoms with Gasteiger partial charge in [0, 0.05) is 36.6 Å². The second-order valence-electron chi connectivity index (χ2n) is 5.21. The molecule has 0 aliphatic carbocycles. The predicted molar refractivity (Wildman–Crippen MR) is 89.5 cm³/mol. The number of rotatable bonds is 5. The molecular formula is C16H18N2OS2. The smallest absolute Gasteiger partial charge is 0.244 e. The van der Waals surface area contributed by atoms with E-state index in [9.17, 15) is 4.79 Å². The molecule has 0 aromatic carbocycles. The van der Waals surface area contributed by atoms with E-state index in [0.717, 1.165) is 30.9 Å². The van der Waals surface area contributed by atoms with Crippen molar-refractivity contribution in [2.75, 3.05) is 13.1 Å². The zero-order valence-corrected chi connectivity index (χ0v) is 13.3. The van der Waals surface area contributed by atoms with Crippen molar-refractivity contribution < 1.29 is 4.79 Å². The van der Waals surface area contributed by atoms with Gasteiger partial charge in [-0.25, -0.2) is 0 Å². The molecule has 2 aromatic rings. The van der Waals surface area contributed by atoms with Crippen LogP contribution >= 0.6 is 22.7 Å². The highest BCUT2D eigenvalue weighted by molar-refractivity contribution is 7.10. The molecule has 1 fully saturated rings. The Kier molecular flexibility index (Phi) is 4.85. The van der Waals surface area contributed by atoms with Crippen molar-refractivity contribution in [2.24, 2.45) is 0 Å². The molecule has 1 unspecified atom stereocenters. The summed E-state index contributed by atoms with van der Waals surface area (Å²) in [7, 11) is 0. The van der Waals surface area contributed by atoms with Crippen molar-refractivity contribution in [3.63, 3.8) is 0 Å². The second-order valence-corrected chi connectivity index (χ2v) is 6.97. The van der Waals surface area contributed by atoms with E-state index in [0.29, 0.717) is 0 Å². The van der Waals surface area contributed by atoms with Crippen molar-refractivity contribution in [3.05, 3.63) is 50.9 Å². The van der Waals surface area contributed by atoms with E-state index in [1.165, 1.54) is 5.56 Å². The molecule has 1 amide bonds. The number of nitrogens with one attached hydrogen (secondary N) is 1. The summed E-state index contributed by atoms with van der Waals surface area (Å²) in [4.78, 5) is 15.4. The monoisotopic (exact) mass is 318 g/mol. The number of nitrogens with zero attached hydrogens (tertiary/aromatic N) is 1. The molecule has 0 radical (unpaired) electrons. The lowest BCUT2D eigenvalue weighted by Crippen LogP contribution is -2.35. The van der Waals surface area contributed by atoms with Crippen LogP contribution in [0.4, 0.5) is 0 Å². The van der Waals surface area contributed by atoms with E-state index in [1.54, 1.807) is 28.7 Å². The summed E-state index contributed by atoms with van der Waals surface area (Å²) in [6.07, 6.45) is 4.54. The van der Waals surface area contributed by atoms with Gasteiger partial charge in [-0.1, -0.05) is 6.07 Å². The van der Waals surface area contributed by atoms with Crippen LogP contribution in [0.15, 0.2) is 40.4 Å². The molecule has 0 bridgehead atoms. The number of carbonyl (C=O) groups excluding carboxylic acids is 1. The lowest BCUT2D eigenvalue weighted by molar-refractivity contribution is -0.117. The molecule has 0 spiro atoms. The molecule has 110 valence electrons. The fourth-order valence-electron chi connectivity index (χ4n) is 2.53. The first-order chi connectivity index (χ1) is 10.3. The Balaban J connectivity index is 1.45. The van der Waals surface area contributed by atoms with Gasteiger partial charge >= 0.3 is 0 Å². The van der Waals surface area contributed by atoms with E-state index < -0.39 is 0 Å². The van der Waals surface area contributed by atoms with Gasteiger partial charge in [0.25, 0.3) is 0 Å². The number of carbonyl (C=O) groups is 1. The molecule has 2 aromatic heterocycles. The summed E-state index contributed by atoms with van der Waals surface area (Å²) in [5.74, 6) is 0.00535. The minimum absolute atomic E-state index is 0.00535. The molecule has 3 rings (SSSR count). The van der Waals surface area contributed by atoms with Crippen molar-refractivity contribution >= 4 is 34.7 Å². The van der Waals surface area contributed by atoms with Gasteiger partial charge in [0.2, 0.25) is 5.91 Å². The lowest BCUT2D eigenvalue weighted by atomic mass is 10.2. The molecule has 1 aliphatic heterocycles. The minimum atomic E-state index is 0.00535. The number of amides is 1. The molecule has 1 atom stereocenters. The Hall–Kier alpha value is -1.43. The van der Waals surface area contributed by atoms with Gasteiger partial charge in [-0.05, 0) is 46.3 Å². The van der Waals surface area contributed by atoms with Crippen molar-refractivity contribution in [1.29, 1.82) is 0 Å². The zero-order chi connectivity index (χ0) is 14.5. The maximum atomic E-state index is 11.9. The Morgan fingerprint density at radius 1 is 1.43 bits per heavy atom. The first-order valence-corrected chi connectivity index (χ1v) is 8.87. The molecule has 0 saturated carbocycles. The molecule has 1 aliphatic rings. The van der Waals surface area contributed by atoms with Crippen LogP contribution in [0.3, 0.4) is 0 Å². The summed E-state index contributed by atoms with van der Waals surface area (Å²) < 4.78 is 0. The third kappa shape index (κ3) is 4.27. The highest BCUT2D eigenvalue weighted by atomic mass is 32.1. The van der Waals surface area contributed by atoms with E-state index in [-0.39, 0.29) is 11.9 Å². The van der Waals surface area contributed by atoms with E-state index >= 15 is 0 Å². The van der Waals surface area contributed by atoms with Crippen LogP contribution in [0.5, 0.6) is 0 Å². The molecule has 3 heterocycles.